The fourth-order valence-corrected chi connectivity index (χ4v) is 2.12. The molecule has 1 aromatic heterocycles. The fraction of sp³-hybridized carbons (Fsp3) is 0.545. The van der Waals surface area contributed by atoms with E-state index in [4.69, 9.17) is 10.5 Å². The maximum Gasteiger partial charge on any atom is 0.129 e. The average molecular weight is 208 g/mol. The van der Waals surface area contributed by atoms with Gasteiger partial charge in [-0.3, -0.25) is 0 Å². The Kier molecular flexibility index (Phi) is 2.63. The van der Waals surface area contributed by atoms with Crippen molar-refractivity contribution in [3.63, 3.8) is 0 Å². The van der Waals surface area contributed by atoms with Gasteiger partial charge in [-0.15, -0.1) is 0 Å². The highest BCUT2D eigenvalue weighted by Crippen LogP contribution is 2.36. The minimum Gasteiger partial charge on any atom is -0.385 e. The lowest BCUT2D eigenvalue weighted by Gasteiger charge is -2.36. The minimum absolute atomic E-state index is 0.0587. The van der Waals surface area contributed by atoms with Crippen LogP contribution in [0.4, 0.5) is 5.82 Å². The van der Waals surface area contributed by atoms with Gasteiger partial charge in [-0.1, -0.05) is 6.07 Å². The van der Waals surface area contributed by atoms with Crippen LogP contribution in [0.25, 0.3) is 0 Å². The lowest BCUT2D eigenvalue weighted by atomic mass is 9.84. The normalized spacial score (nSPS) is 31.5. The van der Waals surface area contributed by atoms with Crippen molar-refractivity contribution in [1.29, 1.82) is 0 Å². The summed E-state index contributed by atoms with van der Waals surface area (Å²) < 4.78 is 5.41. The number of rotatable bonds is 1. The summed E-state index contributed by atoms with van der Waals surface area (Å²) in [5.41, 5.74) is 5.61. The molecule has 2 heterocycles. The molecule has 1 fully saturated rings. The second-order valence-electron chi connectivity index (χ2n) is 4.10. The van der Waals surface area contributed by atoms with Crippen LogP contribution in [0.2, 0.25) is 0 Å². The number of pyridine rings is 1. The van der Waals surface area contributed by atoms with Crippen LogP contribution in [0.3, 0.4) is 0 Å². The molecule has 4 nitrogen and oxygen atoms in total. The molecule has 15 heavy (non-hydrogen) atoms. The molecule has 0 aliphatic carbocycles. The van der Waals surface area contributed by atoms with Gasteiger partial charge in [0.2, 0.25) is 0 Å². The van der Waals surface area contributed by atoms with E-state index in [1.54, 1.807) is 12.3 Å². The lowest BCUT2D eigenvalue weighted by molar-refractivity contribution is -0.101. The van der Waals surface area contributed by atoms with Gasteiger partial charge < -0.3 is 15.6 Å². The van der Waals surface area contributed by atoms with Crippen LogP contribution in [0.15, 0.2) is 18.3 Å². The largest absolute Gasteiger partial charge is 0.385 e. The van der Waals surface area contributed by atoms with Crippen molar-refractivity contribution in [2.75, 3.05) is 12.3 Å². The number of hydrogen-bond donors (Lipinski definition) is 2. The number of hydrogen-bond acceptors (Lipinski definition) is 4. The first-order valence-corrected chi connectivity index (χ1v) is 5.17. The van der Waals surface area contributed by atoms with Crippen molar-refractivity contribution in [3.05, 3.63) is 23.9 Å². The Balaban J connectivity index is 2.32. The lowest BCUT2D eigenvalue weighted by Crippen LogP contribution is -2.38. The number of nitrogen functional groups attached to an aromatic ring is 1. The number of nitrogens with zero attached hydrogens (tertiary/aromatic N) is 1. The summed E-state index contributed by atoms with van der Waals surface area (Å²) >= 11 is 0. The van der Waals surface area contributed by atoms with E-state index in [1.165, 1.54) is 0 Å². The van der Waals surface area contributed by atoms with Gasteiger partial charge in [0.1, 0.15) is 5.82 Å². The number of nitrogens with two attached hydrogens (primary N) is 1. The Morgan fingerprint density at radius 2 is 2.47 bits per heavy atom. The third-order valence-electron chi connectivity index (χ3n) is 2.88. The molecule has 1 aliphatic heterocycles. The van der Waals surface area contributed by atoms with Gasteiger partial charge in [0.05, 0.1) is 18.3 Å². The Morgan fingerprint density at radius 3 is 3.13 bits per heavy atom. The zero-order valence-electron chi connectivity index (χ0n) is 8.81. The van der Waals surface area contributed by atoms with E-state index in [-0.39, 0.29) is 6.10 Å². The Morgan fingerprint density at radius 1 is 1.67 bits per heavy atom. The van der Waals surface area contributed by atoms with Crippen molar-refractivity contribution >= 4 is 5.82 Å². The van der Waals surface area contributed by atoms with Gasteiger partial charge in [-0.25, -0.2) is 4.98 Å². The number of aliphatic hydroxyl groups is 1. The zero-order valence-corrected chi connectivity index (χ0v) is 8.81. The van der Waals surface area contributed by atoms with Crippen LogP contribution < -0.4 is 5.73 Å². The molecule has 2 unspecified atom stereocenters. The molecule has 0 aromatic carbocycles. The quantitative estimate of drug-likeness (QED) is 0.723. The summed E-state index contributed by atoms with van der Waals surface area (Å²) in [5, 5.41) is 10.5. The van der Waals surface area contributed by atoms with E-state index < -0.39 is 5.60 Å². The summed E-state index contributed by atoms with van der Waals surface area (Å²) in [6.07, 6.45) is 2.84. The maximum atomic E-state index is 10.5. The molecule has 1 aliphatic rings. The molecular formula is C11H16N2O2. The summed E-state index contributed by atoms with van der Waals surface area (Å²) in [5.74, 6) is 0.411. The second kappa shape index (κ2) is 3.79. The molecule has 0 saturated carbocycles. The topological polar surface area (TPSA) is 68.4 Å². The Labute approximate surface area is 89.1 Å². The molecular weight excluding hydrogens is 192 g/mol. The smallest absolute Gasteiger partial charge is 0.129 e. The molecule has 0 radical (unpaired) electrons. The molecule has 4 heteroatoms. The van der Waals surface area contributed by atoms with E-state index in [1.807, 2.05) is 13.0 Å². The average Bonchev–Trinajstić information content (AvgIpc) is 2.17. The van der Waals surface area contributed by atoms with Gasteiger partial charge in [0, 0.05) is 24.6 Å². The Bertz CT molecular complexity index is 356. The molecule has 2 atom stereocenters. The summed E-state index contributed by atoms with van der Waals surface area (Å²) in [7, 11) is 0. The van der Waals surface area contributed by atoms with Crippen molar-refractivity contribution in [3.8, 4) is 0 Å². The maximum absolute atomic E-state index is 10.5. The van der Waals surface area contributed by atoms with E-state index in [0.717, 1.165) is 5.56 Å². The Hall–Kier alpha value is -1.13. The standard InChI is InChI=1S/C11H16N2O2/c1-8-7-11(14,4-6-15-8)9-3-2-5-13-10(9)12/h2-3,5,8,14H,4,6-7H2,1H3,(H2,12,13). The van der Waals surface area contributed by atoms with Crippen LogP contribution >= 0.6 is 0 Å². The highest BCUT2D eigenvalue weighted by Gasteiger charge is 2.36. The summed E-state index contributed by atoms with van der Waals surface area (Å²) in [6.45, 7) is 2.52. The summed E-state index contributed by atoms with van der Waals surface area (Å²) in [4.78, 5) is 4.00. The van der Waals surface area contributed by atoms with Crippen LogP contribution in [0.5, 0.6) is 0 Å². The van der Waals surface area contributed by atoms with Gasteiger partial charge >= 0.3 is 0 Å². The molecule has 0 bridgehead atoms. The van der Waals surface area contributed by atoms with Crippen LogP contribution in [-0.2, 0) is 10.3 Å². The first-order valence-electron chi connectivity index (χ1n) is 5.17. The van der Waals surface area contributed by atoms with Crippen molar-refractivity contribution in [2.45, 2.75) is 31.5 Å². The molecule has 82 valence electrons. The van der Waals surface area contributed by atoms with Crippen LogP contribution in [0.1, 0.15) is 25.3 Å². The number of ether oxygens (including phenoxy) is 1. The zero-order chi connectivity index (χ0) is 10.9. The van der Waals surface area contributed by atoms with E-state index in [9.17, 15) is 5.11 Å². The molecule has 0 spiro atoms. The van der Waals surface area contributed by atoms with Gasteiger partial charge in [-0.2, -0.15) is 0 Å². The first-order chi connectivity index (χ1) is 7.12. The number of aromatic nitrogens is 1. The molecule has 0 amide bonds. The molecule has 2 rings (SSSR count). The predicted octanol–water partition coefficient (Wildman–Crippen LogP) is 1.05. The van der Waals surface area contributed by atoms with Gasteiger partial charge in [0.15, 0.2) is 0 Å². The first kappa shape index (κ1) is 10.4. The third-order valence-corrected chi connectivity index (χ3v) is 2.88. The van der Waals surface area contributed by atoms with E-state index >= 15 is 0 Å². The SMILES string of the molecule is CC1CC(O)(c2cccnc2N)CCO1. The predicted molar refractivity (Wildman–Crippen MR) is 57.2 cm³/mol. The van der Waals surface area contributed by atoms with Crippen molar-refractivity contribution in [2.24, 2.45) is 0 Å². The highest BCUT2D eigenvalue weighted by molar-refractivity contribution is 5.43. The molecule has 3 N–H and O–H groups in total. The highest BCUT2D eigenvalue weighted by atomic mass is 16.5. The number of anilines is 1. The minimum atomic E-state index is -0.879. The third kappa shape index (κ3) is 1.96. The fourth-order valence-electron chi connectivity index (χ4n) is 2.12. The second-order valence-corrected chi connectivity index (χ2v) is 4.10. The van der Waals surface area contributed by atoms with E-state index in [0.29, 0.717) is 25.3 Å². The molecule has 1 saturated heterocycles. The van der Waals surface area contributed by atoms with Crippen molar-refractivity contribution < 1.29 is 9.84 Å². The van der Waals surface area contributed by atoms with Crippen LogP contribution in [-0.4, -0.2) is 22.8 Å². The monoisotopic (exact) mass is 208 g/mol. The van der Waals surface area contributed by atoms with Gasteiger partial charge in [0.25, 0.3) is 0 Å². The van der Waals surface area contributed by atoms with Gasteiger partial charge in [-0.05, 0) is 13.0 Å². The van der Waals surface area contributed by atoms with E-state index in [2.05, 4.69) is 4.98 Å². The van der Waals surface area contributed by atoms with Crippen LogP contribution in [0, 0.1) is 0 Å². The molecule has 1 aromatic rings. The summed E-state index contributed by atoms with van der Waals surface area (Å²) in [6, 6.07) is 3.63. The van der Waals surface area contributed by atoms with Crippen molar-refractivity contribution in [1.82, 2.24) is 4.98 Å².